The fourth-order valence-corrected chi connectivity index (χ4v) is 4.97. The lowest BCUT2D eigenvalue weighted by molar-refractivity contribution is 0.147. The van der Waals surface area contributed by atoms with E-state index in [2.05, 4.69) is 48.8 Å². The summed E-state index contributed by atoms with van der Waals surface area (Å²) in [6.45, 7) is 13.6. The molecule has 1 aromatic carbocycles. The summed E-state index contributed by atoms with van der Waals surface area (Å²) in [4.78, 5) is 5.45. The monoisotopic (exact) mass is 381 g/mol. The molecule has 0 N–H and O–H groups in total. The molecular weight excluding hydrogens is 342 g/mol. The molecule has 154 valence electrons. The summed E-state index contributed by atoms with van der Waals surface area (Å²) in [7, 11) is 0. The van der Waals surface area contributed by atoms with Gasteiger partial charge < -0.3 is 9.80 Å². The van der Waals surface area contributed by atoms with Gasteiger partial charge in [-0.2, -0.15) is 5.26 Å². The Morgan fingerprint density at radius 3 is 2.32 bits per heavy atom. The third-order valence-corrected chi connectivity index (χ3v) is 7.24. The average molecular weight is 382 g/mol. The maximum Gasteiger partial charge on any atom is 0.0991 e. The number of likely N-dealkylation sites (tertiary alicyclic amines) is 2. The fraction of sp³-hybridized carbons (Fsp3) is 0.720. The van der Waals surface area contributed by atoms with Gasteiger partial charge in [0.15, 0.2) is 0 Å². The van der Waals surface area contributed by atoms with E-state index in [-0.39, 0.29) is 0 Å². The van der Waals surface area contributed by atoms with Crippen LogP contribution in [-0.4, -0.2) is 48.6 Å². The van der Waals surface area contributed by atoms with Crippen LogP contribution < -0.4 is 0 Å². The standard InChI is InChI=1S/C25H39N3/c1-20(2)21(3)28-16-13-25(19-28)18-27-14-11-23(12-15-27)6-4-5-22-7-9-24(17-26)10-8-22/h7-10,20-21,23,25H,4-6,11-16,18-19H2,1-3H3. The lowest BCUT2D eigenvalue weighted by atomic mass is 9.90. The maximum atomic E-state index is 8.89. The maximum absolute atomic E-state index is 8.89. The van der Waals surface area contributed by atoms with Crippen LogP contribution >= 0.6 is 0 Å². The Labute approximate surface area is 172 Å². The second-order valence-electron chi connectivity index (χ2n) is 9.58. The quantitative estimate of drug-likeness (QED) is 0.637. The number of hydrogen-bond acceptors (Lipinski definition) is 3. The van der Waals surface area contributed by atoms with E-state index in [1.807, 2.05) is 12.1 Å². The summed E-state index contributed by atoms with van der Waals surface area (Å²) < 4.78 is 0. The molecule has 2 fully saturated rings. The van der Waals surface area contributed by atoms with Crippen molar-refractivity contribution in [3.63, 3.8) is 0 Å². The molecule has 2 atom stereocenters. The Kier molecular flexibility index (Phi) is 7.94. The van der Waals surface area contributed by atoms with Gasteiger partial charge in [0, 0.05) is 19.1 Å². The smallest absolute Gasteiger partial charge is 0.0991 e. The molecule has 3 nitrogen and oxygen atoms in total. The zero-order valence-corrected chi connectivity index (χ0v) is 18.2. The van der Waals surface area contributed by atoms with Crippen LogP contribution in [0.3, 0.4) is 0 Å². The summed E-state index contributed by atoms with van der Waals surface area (Å²) >= 11 is 0. The molecule has 3 heteroatoms. The first-order valence-corrected chi connectivity index (χ1v) is 11.5. The van der Waals surface area contributed by atoms with Crippen LogP contribution in [0.4, 0.5) is 0 Å². The molecule has 0 spiro atoms. The second-order valence-corrected chi connectivity index (χ2v) is 9.58. The second kappa shape index (κ2) is 10.4. The minimum Gasteiger partial charge on any atom is -0.303 e. The largest absolute Gasteiger partial charge is 0.303 e. The zero-order valence-electron chi connectivity index (χ0n) is 18.2. The van der Waals surface area contributed by atoms with Crippen LogP contribution in [0.25, 0.3) is 0 Å². The van der Waals surface area contributed by atoms with Gasteiger partial charge in [-0.25, -0.2) is 0 Å². The van der Waals surface area contributed by atoms with Crippen LogP contribution in [0.2, 0.25) is 0 Å². The van der Waals surface area contributed by atoms with Gasteiger partial charge in [0.2, 0.25) is 0 Å². The molecule has 2 heterocycles. The summed E-state index contributed by atoms with van der Waals surface area (Å²) in [5.41, 5.74) is 2.14. The van der Waals surface area contributed by atoms with Crippen molar-refractivity contribution in [3.8, 4) is 6.07 Å². The molecule has 3 rings (SSSR count). The average Bonchev–Trinajstić information content (AvgIpc) is 3.17. The van der Waals surface area contributed by atoms with E-state index in [4.69, 9.17) is 5.26 Å². The molecule has 0 radical (unpaired) electrons. The summed E-state index contributed by atoms with van der Waals surface area (Å²) in [6.07, 6.45) is 7.94. The van der Waals surface area contributed by atoms with Gasteiger partial charge in [-0.05, 0) is 94.1 Å². The van der Waals surface area contributed by atoms with Crippen LogP contribution in [0.5, 0.6) is 0 Å². The first kappa shape index (κ1) is 21.3. The predicted molar refractivity (Wildman–Crippen MR) is 117 cm³/mol. The van der Waals surface area contributed by atoms with Crippen LogP contribution in [0, 0.1) is 29.1 Å². The summed E-state index contributed by atoms with van der Waals surface area (Å²) in [5.74, 6) is 2.56. The normalized spacial score (nSPS) is 23.2. The first-order chi connectivity index (χ1) is 13.5. The van der Waals surface area contributed by atoms with Gasteiger partial charge >= 0.3 is 0 Å². The van der Waals surface area contributed by atoms with E-state index < -0.39 is 0 Å². The van der Waals surface area contributed by atoms with Gasteiger partial charge in [0.1, 0.15) is 0 Å². The molecule has 2 aliphatic rings. The van der Waals surface area contributed by atoms with Gasteiger partial charge in [0.25, 0.3) is 0 Å². The first-order valence-electron chi connectivity index (χ1n) is 11.5. The molecule has 2 aliphatic heterocycles. The van der Waals surface area contributed by atoms with E-state index in [0.29, 0.717) is 0 Å². The molecule has 28 heavy (non-hydrogen) atoms. The van der Waals surface area contributed by atoms with E-state index in [9.17, 15) is 0 Å². The van der Waals surface area contributed by atoms with Crippen molar-refractivity contribution in [1.29, 1.82) is 5.26 Å². The Hall–Kier alpha value is -1.37. The Morgan fingerprint density at radius 2 is 1.68 bits per heavy atom. The highest BCUT2D eigenvalue weighted by Crippen LogP contribution is 2.27. The number of benzene rings is 1. The lowest BCUT2D eigenvalue weighted by Gasteiger charge is -2.34. The van der Waals surface area contributed by atoms with Gasteiger partial charge in [-0.15, -0.1) is 0 Å². The number of piperidine rings is 1. The van der Waals surface area contributed by atoms with E-state index in [0.717, 1.165) is 35.8 Å². The zero-order chi connectivity index (χ0) is 19.9. The van der Waals surface area contributed by atoms with Crippen LogP contribution in [0.15, 0.2) is 24.3 Å². The number of nitrogens with zero attached hydrogens (tertiary/aromatic N) is 3. The van der Waals surface area contributed by atoms with Crippen molar-refractivity contribution in [2.24, 2.45) is 17.8 Å². The third-order valence-electron chi connectivity index (χ3n) is 7.24. The van der Waals surface area contributed by atoms with E-state index in [1.54, 1.807) is 0 Å². The number of hydrogen-bond donors (Lipinski definition) is 0. The molecule has 0 saturated carbocycles. The topological polar surface area (TPSA) is 30.3 Å². The molecule has 0 bridgehead atoms. The van der Waals surface area contributed by atoms with E-state index >= 15 is 0 Å². The lowest BCUT2D eigenvalue weighted by Crippen LogP contribution is -2.39. The number of aryl methyl sites for hydroxylation is 1. The van der Waals surface area contributed by atoms with Gasteiger partial charge in [-0.3, -0.25) is 0 Å². The van der Waals surface area contributed by atoms with Crippen LogP contribution in [-0.2, 0) is 6.42 Å². The highest BCUT2D eigenvalue weighted by molar-refractivity contribution is 5.31. The molecular formula is C25H39N3. The minimum absolute atomic E-state index is 0.729. The van der Waals surface area contributed by atoms with Crippen molar-refractivity contribution >= 4 is 0 Å². The van der Waals surface area contributed by atoms with Gasteiger partial charge in [-0.1, -0.05) is 32.4 Å². The molecule has 2 unspecified atom stereocenters. The molecule has 1 aromatic rings. The number of nitriles is 1. The van der Waals surface area contributed by atoms with Crippen LogP contribution in [0.1, 0.15) is 64.0 Å². The summed E-state index contributed by atoms with van der Waals surface area (Å²) in [5, 5.41) is 8.89. The van der Waals surface area contributed by atoms with Crippen molar-refractivity contribution in [2.75, 3.05) is 32.7 Å². The minimum atomic E-state index is 0.729. The molecule has 0 amide bonds. The third kappa shape index (κ3) is 6.06. The Morgan fingerprint density at radius 1 is 1.00 bits per heavy atom. The van der Waals surface area contributed by atoms with Crippen molar-refractivity contribution in [3.05, 3.63) is 35.4 Å². The molecule has 0 aromatic heterocycles. The molecule has 0 aliphatic carbocycles. The molecule has 2 saturated heterocycles. The highest BCUT2D eigenvalue weighted by Gasteiger charge is 2.29. The highest BCUT2D eigenvalue weighted by atomic mass is 15.2. The van der Waals surface area contributed by atoms with Crippen molar-refractivity contribution in [1.82, 2.24) is 9.80 Å². The predicted octanol–water partition coefficient (Wildman–Crippen LogP) is 4.96. The van der Waals surface area contributed by atoms with Crippen molar-refractivity contribution in [2.45, 2.75) is 65.3 Å². The fourth-order valence-electron chi connectivity index (χ4n) is 4.97. The SMILES string of the molecule is CC(C)C(C)N1CCC(CN2CCC(CCCc3ccc(C#N)cc3)CC2)C1. The Bertz CT molecular complexity index is 622. The van der Waals surface area contributed by atoms with E-state index in [1.165, 1.54) is 70.4 Å². The van der Waals surface area contributed by atoms with Crippen molar-refractivity contribution < 1.29 is 0 Å². The Balaban J connectivity index is 1.31. The number of rotatable bonds is 8. The summed E-state index contributed by atoms with van der Waals surface area (Å²) in [6, 6.07) is 11.0. The van der Waals surface area contributed by atoms with Gasteiger partial charge in [0.05, 0.1) is 11.6 Å².